The maximum Gasteiger partial charge on any atom is 0.307 e. The van der Waals surface area contributed by atoms with Gasteiger partial charge < -0.3 is 18.9 Å². The molecule has 1 aliphatic carbocycles. The van der Waals surface area contributed by atoms with Crippen LogP contribution in [0.15, 0.2) is 48.7 Å². The predicted molar refractivity (Wildman–Crippen MR) is 145 cm³/mol. The average Bonchev–Trinajstić information content (AvgIpc) is 3.64. The fraction of sp³-hybridized carbons (Fsp3) is 0.344. The van der Waals surface area contributed by atoms with E-state index < -0.39 is 6.10 Å². The molecule has 0 saturated carbocycles. The zero-order chi connectivity index (χ0) is 28.1. The Morgan fingerprint density at radius 2 is 2.02 bits per heavy atom. The summed E-state index contributed by atoms with van der Waals surface area (Å²) in [5, 5.41) is 9.74. The van der Waals surface area contributed by atoms with Gasteiger partial charge in [0.2, 0.25) is 5.88 Å². The second-order valence-electron chi connectivity index (χ2n) is 9.72. The summed E-state index contributed by atoms with van der Waals surface area (Å²) in [4.78, 5) is 16.2. The molecule has 204 valence electrons. The molecule has 3 atom stereocenters. The van der Waals surface area contributed by atoms with Crippen LogP contribution in [0, 0.1) is 29.0 Å². The summed E-state index contributed by atoms with van der Waals surface area (Å²) < 4.78 is 37.4. The Bertz CT molecular complexity index is 1500. The van der Waals surface area contributed by atoms with Gasteiger partial charge in [-0.2, -0.15) is 5.26 Å². The third-order valence-corrected chi connectivity index (χ3v) is 7.21. The van der Waals surface area contributed by atoms with Crippen molar-refractivity contribution in [3.05, 3.63) is 76.7 Å². The average molecular weight is 541 g/mol. The molecule has 2 heterocycles. The quantitative estimate of drug-likeness (QED) is 0.269. The highest BCUT2D eigenvalue weighted by molar-refractivity contribution is 5.72. The molecular formula is C32H29FN2O5. The summed E-state index contributed by atoms with van der Waals surface area (Å²) in [7, 11) is 1.36. The summed E-state index contributed by atoms with van der Waals surface area (Å²) in [5.41, 5.74) is 4.11. The van der Waals surface area contributed by atoms with E-state index in [0.717, 1.165) is 28.7 Å². The maximum absolute atomic E-state index is 15.1. The van der Waals surface area contributed by atoms with E-state index in [2.05, 4.69) is 22.9 Å². The van der Waals surface area contributed by atoms with Gasteiger partial charge in [0.05, 0.1) is 32.7 Å². The first-order valence-electron chi connectivity index (χ1n) is 13.2. The van der Waals surface area contributed by atoms with Crippen molar-refractivity contribution in [3.8, 4) is 40.7 Å². The van der Waals surface area contributed by atoms with Crippen LogP contribution in [0.25, 0.3) is 11.1 Å². The van der Waals surface area contributed by atoms with Crippen LogP contribution in [0.4, 0.5) is 4.39 Å². The van der Waals surface area contributed by atoms with Gasteiger partial charge in [0.1, 0.15) is 35.4 Å². The molecule has 0 N–H and O–H groups in total. The summed E-state index contributed by atoms with van der Waals surface area (Å²) in [6.07, 6.45) is 3.23. The summed E-state index contributed by atoms with van der Waals surface area (Å²) in [6.45, 7) is 2.83. The number of carbonyl (C=O) groups excluding carboxylic acids is 1. The van der Waals surface area contributed by atoms with Gasteiger partial charge in [-0.15, -0.1) is 5.92 Å². The van der Waals surface area contributed by atoms with Crippen LogP contribution in [0.2, 0.25) is 0 Å². The van der Waals surface area contributed by atoms with E-state index in [1.54, 1.807) is 25.3 Å². The SMILES string of the molecule is CC#C[C@@H](CC(=O)OC)c1ccc(O[C@@H]2CCc3c(-c4cnc(O[C@@H]5CCOC5)c(C#N)c4)ccc(F)c32)cc1. The smallest absolute Gasteiger partial charge is 0.307 e. The Labute approximate surface area is 232 Å². The van der Waals surface area contributed by atoms with Crippen LogP contribution in [-0.2, 0) is 20.7 Å². The number of nitrogens with zero attached hydrogens (tertiary/aromatic N) is 2. The third-order valence-electron chi connectivity index (χ3n) is 7.21. The van der Waals surface area contributed by atoms with Crippen molar-refractivity contribution in [2.45, 2.75) is 50.7 Å². The molecule has 2 aromatic carbocycles. The molecule has 0 amide bonds. The van der Waals surface area contributed by atoms with Crippen LogP contribution in [0.5, 0.6) is 11.6 Å². The molecule has 1 aromatic heterocycles. The van der Waals surface area contributed by atoms with Crippen LogP contribution in [0.1, 0.15) is 60.5 Å². The number of esters is 1. The van der Waals surface area contributed by atoms with Gasteiger partial charge in [-0.1, -0.05) is 24.1 Å². The second kappa shape index (κ2) is 12.2. The monoisotopic (exact) mass is 540 g/mol. The molecule has 5 rings (SSSR count). The fourth-order valence-corrected chi connectivity index (χ4v) is 5.22. The normalized spacial score (nSPS) is 18.1. The van der Waals surface area contributed by atoms with Crippen LogP contribution < -0.4 is 9.47 Å². The zero-order valence-corrected chi connectivity index (χ0v) is 22.4. The standard InChI is InChI=1S/C32H29FN2O5/c1-3-4-21(16-30(36)37-2)20-5-7-24(8-6-20)39-29-12-10-27-26(9-11-28(33)31(27)29)23-15-22(17-34)32(35-18-23)40-25-13-14-38-19-25/h5-9,11,15,18,21,25,29H,10,12-14,16,19H2,1-2H3/t21-,25+,29+/m0/s1. The Morgan fingerprint density at radius 1 is 1.20 bits per heavy atom. The number of nitriles is 1. The molecule has 0 radical (unpaired) electrons. The van der Waals surface area contributed by atoms with E-state index in [4.69, 9.17) is 18.9 Å². The van der Waals surface area contributed by atoms with Crippen molar-refractivity contribution in [2.24, 2.45) is 0 Å². The Morgan fingerprint density at radius 3 is 2.73 bits per heavy atom. The molecule has 1 fully saturated rings. The lowest BCUT2D eigenvalue weighted by molar-refractivity contribution is -0.140. The predicted octanol–water partition coefficient (Wildman–Crippen LogP) is 5.66. The Hall–Kier alpha value is -4.40. The molecule has 8 heteroatoms. The lowest BCUT2D eigenvalue weighted by atomic mass is 9.96. The molecule has 0 unspecified atom stereocenters. The second-order valence-corrected chi connectivity index (χ2v) is 9.72. The number of hydrogen-bond acceptors (Lipinski definition) is 7. The topological polar surface area (TPSA) is 90.7 Å². The highest BCUT2D eigenvalue weighted by atomic mass is 19.1. The van der Waals surface area contributed by atoms with Crippen LogP contribution in [-0.4, -0.2) is 37.4 Å². The first kappa shape index (κ1) is 27.2. The lowest BCUT2D eigenvalue weighted by Crippen LogP contribution is -2.17. The van der Waals surface area contributed by atoms with Crippen LogP contribution >= 0.6 is 0 Å². The maximum atomic E-state index is 15.1. The number of ether oxygens (including phenoxy) is 4. The number of pyridine rings is 1. The van der Waals surface area contributed by atoms with Crippen molar-refractivity contribution in [1.29, 1.82) is 5.26 Å². The summed E-state index contributed by atoms with van der Waals surface area (Å²) in [6, 6.07) is 14.4. The third kappa shape index (κ3) is 5.78. The van der Waals surface area contributed by atoms with Crippen molar-refractivity contribution >= 4 is 5.97 Å². The number of methoxy groups -OCH3 is 1. The molecule has 1 aliphatic heterocycles. The van der Waals surface area contributed by atoms with Crippen molar-refractivity contribution in [3.63, 3.8) is 0 Å². The Balaban J connectivity index is 1.36. The van der Waals surface area contributed by atoms with E-state index in [1.165, 1.54) is 13.2 Å². The van der Waals surface area contributed by atoms with Crippen molar-refractivity contribution in [1.82, 2.24) is 4.98 Å². The fourth-order valence-electron chi connectivity index (χ4n) is 5.22. The van der Waals surface area contributed by atoms with Gasteiger partial charge in [-0.25, -0.2) is 9.37 Å². The first-order valence-corrected chi connectivity index (χ1v) is 13.2. The number of carbonyl (C=O) groups is 1. The highest BCUT2D eigenvalue weighted by Crippen LogP contribution is 2.42. The molecule has 40 heavy (non-hydrogen) atoms. The molecule has 0 bridgehead atoms. The lowest BCUT2D eigenvalue weighted by Gasteiger charge is -2.18. The zero-order valence-electron chi connectivity index (χ0n) is 22.4. The van der Waals surface area contributed by atoms with Gasteiger partial charge in [0.15, 0.2) is 0 Å². The van der Waals surface area contributed by atoms with Crippen molar-refractivity contribution < 1.29 is 28.1 Å². The Kier molecular flexibility index (Phi) is 8.28. The molecule has 7 nitrogen and oxygen atoms in total. The van der Waals surface area contributed by atoms with E-state index >= 15 is 4.39 Å². The molecule has 2 aliphatic rings. The van der Waals surface area contributed by atoms with E-state index in [0.29, 0.717) is 42.9 Å². The van der Waals surface area contributed by atoms with Gasteiger partial charge in [-0.3, -0.25) is 4.79 Å². The van der Waals surface area contributed by atoms with Gasteiger partial charge in [0.25, 0.3) is 0 Å². The summed E-state index contributed by atoms with van der Waals surface area (Å²) >= 11 is 0. The highest BCUT2D eigenvalue weighted by Gasteiger charge is 2.31. The van der Waals surface area contributed by atoms with E-state index in [9.17, 15) is 10.1 Å². The first-order chi connectivity index (χ1) is 19.5. The van der Waals surface area contributed by atoms with Gasteiger partial charge in [0, 0.05) is 23.7 Å². The number of fused-ring (bicyclic) bond motifs is 1. The number of rotatable bonds is 8. The van der Waals surface area contributed by atoms with Gasteiger partial charge >= 0.3 is 5.97 Å². The van der Waals surface area contributed by atoms with E-state index in [-0.39, 0.29) is 36.1 Å². The largest absolute Gasteiger partial charge is 0.486 e. The molecule has 1 saturated heterocycles. The van der Waals surface area contributed by atoms with E-state index in [1.807, 2.05) is 24.3 Å². The number of aromatic nitrogens is 1. The molecule has 3 aromatic rings. The minimum Gasteiger partial charge on any atom is -0.486 e. The number of hydrogen-bond donors (Lipinski definition) is 0. The number of halogens is 1. The minimum atomic E-state index is -0.463. The van der Waals surface area contributed by atoms with Crippen LogP contribution in [0.3, 0.4) is 0 Å². The summed E-state index contributed by atoms with van der Waals surface area (Å²) in [5.74, 6) is 5.85. The van der Waals surface area contributed by atoms with Crippen molar-refractivity contribution in [2.75, 3.05) is 20.3 Å². The minimum absolute atomic E-state index is 0.120. The number of benzene rings is 2. The van der Waals surface area contributed by atoms with Gasteiger partial charge in [-0.05, 0) is 60.7 Å². The molecular weight excluding hydrogens is 511 g/mol. The molecule has 0 spiro atoms.